The van der Waals surface area contributed by atoms with Gasteiger partial charge in [-0.3, -0.25) is 19.2 Å². The highest BCUT2D eigenvalue weighted by Gasteiger charge is 2.69. The number of amides is 3. The number of hydrogen-bond acceptors (Lipinski definition) is 11. The molecule has 0 heterocycles. The Balaban J connectivity index is 1.48. The van der Waals surface area contributed by atoms with E-state index < -0.39 is 76.5 Å². The third kappa shape index (κ3) is 5.49. The van der Waals surface area contributed by atoms with Gasteiger partial charge in [0.1, 0.15) is 11.7 Å². The molecule has 3 unspecified atom stereocenters. The lowest BCUT2D eigenvalue weighted by Crippen LogP contribution is -2.75. The molecule has 47 heavy (non-hydrogen) atoms. The summed E-state index contributed by atoms with van der Waals surface area (Å²) in [5.41, 5.74) is 5.38. The van der Waals surface area contributed by atoms with Gasteiger partial charge in [-0.15, -0.1) is 0 Å². The number of aromatic hydroxyl groups is 1. The first-order chi connectivity index (χ1) is 22.0. The second-order valence-electron chi connectivity index (χ2n) is 13.4. The Morgan fingerprint density at radius 1 is 1.00 bits per heavy atom. The highest BCUT2D eigenvalue weighted by atomic mass is 16.3. The number of aliphatic hydroxyl groups is 2. The summed E-state index contributed by atoms with van der Waals surface area (Å²) in [6, 6.07) is 7.31. The van der Waals surface area contributed by atoms with Crippen LogP contribution in [-0.2, 0) is 27.3 Å². The van der Waals surface area contributed by atoms with Crippen LogP contribution in [0.2, 0.25) is 0 Å². The molecule has 252 valence electrons. The van der Waals surface area contributed by atoms with Gasteiger partial charge in [0, 0.05) is 69.3 Å². The van der Waals surface area contributed by atoms with Crippen molar-refractivity contribution in [1.29, 1.82) is 0 Å². The summed E-state index contributed by atoms with van der Waals surface area (Å²) in [5, 5.41) is 39.7. The average Bonchev–Trinajstić information content (AvgIpc) is 2.98. The van der Waals surface area contributed by atoms with Gasteiger partial charge in [0.25, 0.3) is 0 Å². The molecule has 7 N–H and O–H groups in total. The van der Waals surface area contributed by atoms with Crippen molar-refractivity contribution < 1.29 is 39.3 Å². The molecule has 2 fully saturated rings. The van der Waals surface area contributed by atoms with Crippen molar-refractivity contribution >= 4 is 46.4 Å². The van der Waals surface area contributed by atoms with E-state index in [0.717, 1.165) is 5.69 Å². The number of aliphatic hydroxyl groups excluding tert-OH is 1. The van der Waals surface area contributed by atoms with Gasteiger partial charge in [-0.05, 0) is 68.8 Å². The van der Waals surface area contributed by atoms with E-state index in [9.17, 15) is 39.3 Å². The third-order valence-corrected chi connectivity index (χ3v) is 9.91. The summed E-state index contributed by atoms with van der Waals surface area (Å²) in [4.78, 5) is 72.2. The number of nitrogens with two attached hydrogens (primary N) is 1. The molecule has 0 bridgehead atoms. The highest BCUT2D eigenvalue weighted by Crippen LogP contribution is 2.52. The number of nitrogens with one attached hydrogen (secondary N) is 2. The lowest BCUT2D eigenvalue weighted by Gasteiger charge is -2.55. The molecule has 5 rings (SSSR count). The number of urea groups is 1. The topological polar surface area (TPSA) is 206 Å². The van der Waals surface area contributed by atoms with Crippen molar-refractivity contribution in [3.05, 3.63) is 47.0 Å². The van der Waals surface area contributed by atoms with Gasteiger partial charge in [-0.2, -0.15) is 0 Å². The summed E-state index contributed by atoms with van der Waals surface area (Å²) in [5.74, 6) is -9.77. The van der Waals surface area contributed by atoms with Crippen molar-refractivity contribution in [2.24, 2.45) is 29.4 Å². The fourth-order valence-corrected chi connectivity index (χ4v) is 7.65. The van der Waals surface area contributed by atoms with Crippen LogP contribution in [0.4, 0.5) is 21.9 Å². The van der Waals surface area contributed by atoms with Gasteiger partial charge >= 0.3 is 6.03 Å². The molecule has 3 aliphatic carbocycles. The van der Waals surface area contributed by atoms with Crippen molar-refractivity contribution in [3.8, 4) is 5.75 Å². The van der Waals surface area contributed by atoms with E-state index in [-0.39, 0.29) is 30.5 Å². The van der Waals surface area contributed by atoms with Gasteiger partial charge < -0.3 is 46.4 Å². The predicted octanol–water partition coefficient (Wildman–Crippen LogP) is 0.113. The molecule has 2 aromatic carbocycles. The zero-order chi connectivity index (χ0) is 34.7. The Kier molecular flexibility index (Phi) is 8.81. The predicted molar refractivity (Wildman–Crippen MR) is 173 cm³/mol. The van der Waals surface area contributed by atoms with Crippen LogP contribution < -0.4 is 26.2 Å². The molecule has 14 heteroatoms. The monoisotopic (exact) mass is 650 g/mol. The van der Waals surface area contributed by atoms with Crippen LogP contribution in [0.3, 0.4) is 0 Å². The molecular weight excluding hydrogens is 608 g/mol. The number of anilines is 3. The van der Waals surface area contributed by atoms with E-state index in [4.69, 9.17) is 5.73 Å². The Morgan fingerprint density at radius 2 is 1.64 bits per heavy atom. The van der Waals surface area contributed by atoms with Crippen LogP contribution in [0.5, 0.6) is 5.75 Å². The molecule has 14 nitrogen and oxygen atoms in total. The fourth-order valence-electron chi connectivity index (χ4n) is 7.65. The van der Waals surface area contributed by atoms with E-state index in [1.54, 1.807) is 56.2 Å². The van der Waals surface area contributed by atoms with E-state index in [1.807, 2.05) is 31.1 Å². The summed E-state index contributed by atoms with van der Waals surface area (Å²) >= 11 is 0. The van der Waals surface area contributed by atoms with Gasteiger partial charge in [0.05, 0.1) is 17.6 Å². The maximum Gasteiger partial charge on any atom is 0.319 e. The Labute approximate surface area is 272 Å². The number of nitrogens with zero attached hydrogens (tertiary/aromatic N) is 3. The number of ketones is 3. The number of hydrogen-bond donors (Lipinski definition) is 6. The summed E-state index contributed by atoms with van der Waals surface area (Å²) in [6.07, 6.45) is -1.39. The maximum atomic E-state index is 14.2. The average molecular weight is 651 g/mol. The van der Waals surface area contributed by atoms with Crippen LogP contribution >= 0.6 is 0 Å². The molecule has 7 atom stereocenters. The number of fused-ring (bicyclic) bond motifs is 3. The van der Waals surface area contributed by atoms with Crippen molar-refractivity contribution in [3.63, 3.8) is 0 Å². The first kappa shape index (κ1) is 33.8. The molecule has 3 amide bonds. The van der Waals surface area contributed by atoms with Crippen molar-refractivity contribution in [1.82, 2.24) is 10.2 Å². The van der Waals surface area contributed by atoms with Gasteiger partial charge in [0.2, 0.25) is 5.91 Å². The summed E-state index contributed by atoms with van der Waals surface area (Å²) in [6.45, 7) is -0.163. The maximum absolute atomic E-state index is 14.2. The lowest BCUT2D eigenvalue weighted by molar-refractivity contribution is -0.190. The highest BCUT2D eigenvalue weighted by molar-refractivity contribution is 6.25. The van der Waals surface area contributed by atoms with Gasteiger partial charge in [0.15, 0.2) is 23.0 Å². The Hall–Kier alpha value is -4.53. The zero-order valence-electron chi connectivity index (χ0n) is 27.3. The number of Topliss-reactive ketones (excluding diaryl/α,β-unsaturated/α-hetero) is 3. The van der Waals surface area contributed by atoms with Crippen molar-refractivity contribution in [2.75, 3.05) is 57.4 Å². The fraction of sp³-hybridized carbons (Fsp3) is 0.485. The molecule has 0 radical (unpaired) electrons. The third-order valence-electron chi connectivity index (χ3n) is 9.91. The number of primary amides is 1. The number of carbonyl (C=O) groups excluding carboxylic acids is 5. The summed E-state index contributed by atoms with van der Waals surface area (Å²) < 4.78 is 0. The first-order valence-electron chi connectivity index (χ1n) is 15.4. The standard InChI is InChI=1S/C33H42N6O8/c1-37(2)18-9-7-17(8-10-18)36-32(46)35-14-16-13-21(38(3)4)19-11-15-12-20-25(39(5)6)28(42)24(31(34)45)30(44)33(20,47)29(43)22(15)27(41)23(19)26(16)40/h7-10,13,15,20,22,24-25,28,40,42,47H,11-12,14H2,1-6H3,(H2,34,45)(H2,35,36,46)/t15-,20-,22?,24?,25-,28?,33-/m1/s1. The zero-order valence-corrected chi connectivity index (χ0v) is 27.3. The minimum Gasteiger partial charge on any atom is -0.507 e. The molecule has 2 saturated carbocycles. The van der Waals surface area contributed by atoms with Crippen LogP contribution in [0.1, 0.15) is 27.9 Å². The smallest absolute Gasteiger partial charge is 0.319 e. The first-order valence-corrected chi connectivity index (χ1v) is 15.4. The second-order valence-corrected chi connectivity index (χ2v) is 13.4. The quantitative estimate of drug-likeness (QED) is 0.222. The van der Waals surface area contributed by atoms with E-state index >= 15 is 0 Å². The SMILES string of the molecule is CN(C)c1ccc(NC(=O)NCc2cc(N(C)C)c3c(c2O)C(=O)C2C(=O)[C@@]4(O)C(=O)C(C(N)=O)C(O)[C@H](N(C)C)[C@H]4C[C@H]2C3)cc1. The minimum absolute atomic E-state index is 0.0157. The molecule has 0 saturated heterocycles. The van der Waals surface area contributed by atoms with Gasteiger partial charge in [-0.25, -0.2) is 4.79 Å². The van der Waals surface area contributed by atoms with E-state index in [1.165, 1.54) is 0 Å². The number of carbonyl (C=O) groups is 5. The molecule has 0 aliphatic heterocycles. The van der Waals surface area contributed by atoms with Crippen LogP contribution in [0.25, 0.3) is 0 Å². The van der Waals surface area contributed by atoms with Crippen LogP contribution in [-0.4, -0.2) is 110 Å². The molecular formula is C33H42N6O8. The number of rotatable bonds is 7. The number of likely N-dealkylation sites (N-methyl/N-ethyl adjacent to an activating group) is 1. The Bertz CT molecular complexity index is 1640. The largest absolute Gasteiger partial charge is 0.507 e. The van der Waals surface area contributed by atoms with Gasteiger partial charge in [-0.1, -0.05) is 0 Å². The van der Waals surface area contributed by atoms with E-state index in [0.29, 0.717) is 16.9 Å². The number of phenols is 1. The number of benzene rings is 2. The Morgan fingerprint density at radius 3 is 2.19 bits per heavy atom. The minimum atomic E-state index is -2.75. The lowest BCUT2D eigenvalue weighted by atomic mass is 9.52. The normalized spacial score (nSPS) is 28.2. The second kappa shape index (κ2) is 12.2. The molecule has 0 aromatic heterocycles. The van der Waals surface area contributed by atoms with Crippen LogP contribution in [0.15, 0.2) is 30.3 Å². The molecule has 2 aromatic rings. The molecule has 0 spiro atoms. The van der Waals surface area contributed by atoms with E-state index in [2.05, 4.69) is 10.6 Å². The van der Waals surface area contributed by atoms with Crippen LogP contribution in [0, 0.1) is 23.7 Å². The molecule has 3 aliphatic rings. The number of phenolic OH excluding ortho intramolecular Hbond substituents is 1. The van der Waals surface area contributed by atoms with Crippen molar-refractivity contribution in [2.45, 2.75) is 37.1 Å². The summed E-state index contributed by atoms with van der Waals surface area (Å²) in [7, 11) is 10.5.